The first-order chi connectivity index (χ1) is 9.40. The first-order valence-electron chi connectivity index (χ1n) is 7.58. The zero-order valence-corrected chi connectivity index (χ0v) is 12.6. The van der Waals surface area contributed by atoms with E-state index in [1.165, 1.54) is 59.9 Å². The average molecular weight is 271 g/mol. The molecule has 0 nitrogen and oxygen atoms in total. The van der Waals surface area contributed by atoms with Crippen molar-refractivity contribution in [3.63, 3.8) is 0 Å². The molecule has 2 aromatic rings. The van der Waals surface area contributed by atoms with Crippen LogP contribution in [-0.4, -0.2) is 11.5 Å². The summed E-state index contributed by atoms with van der Waals surface area (Å²) in [6.07, 6.45) is 6.72. The molecule has 0 aliphatic carbocycles. The van der Waals surface area contributed by atoms with Gasteiger partial charge < -0.3 is 0 Å². The lowest BCUT2D eigenvalue weighted by Gasteiger charge is -2.16. The van der Waals surface area contributed by atoms with Crippen LogP contribution in [0.5, 0.6) is 0 Å². The summed E-state index contributed by atoms with van der Waals surface area (Å²) in [7, 11) is 0.505. The Morgan fingerprint density at radius 3 is 2.37 bits per heavy atom. The fourth-order valence-corrected chi connectivity index (χ4v) is 5.62. The minimum atomic E-state index is 0.505. The Labute approximate surface area is 119 Å². The summed E-state index contributed by atoms with van der Waals surface area (Å²) >= 11 is 0. The van der Waals surface area contributed by atoms with Crippen LogP contribution in [0.1, 0.15) is 38.2 Å². The molecule has 0 amide bonds. The number of hydrogen-bond donors (Lipinski definition) is 0. The molecule has 0 spiro atoms. The van der Waals surface area contributed by atoms with Gasteiger partial charge in [0, 0.05) is 16.3 Å². The Kier molecular flexibility index (Phi) is 4.12. The zero-order chi connectivity index (χ0) is 13.1. The van der Waals surface area contributed by atoms with Crippen molar-refractivity contribution < 1.29 is 0 Å². The van der Waals surface area contributed by atoms with Crippen LogP contribution in [0.3, 0.4) is 0 Å². The van der Waals surface area contributed by atoms with Gasteiger partial charge in [-0.2, -0.15) is 0 Å². The second-order valence-electron chi connectivity index (χ2n) is 5.48. The highest BCUT2D eigenvalue weighted by Gasteiger charge is 2.26. The van der Waals surface area contributed by atoms with Crippen LogP contribution < -0.4 is 0 Å². The maximum absolute atomic E-state index is 2.43. The van der Waals surface area contributed by atoms with E-state index >= 15 is 0 Å². The summed E-state index contributed by atoms with van der Waals surface area (Å²) < 4.78 is 0. The first-order valence-corrected chi connectivity index (χ1v) is 9.14. The van der Waals surface area contributed by atoms with Gasteiger partial charge >= 0.3 is 0 Å². The van der Waals surface area contributed by atoms with E-state index in [1.54, 1.807) is 4.90 Å². The van der Waals surface area contributed by atoms with Crippen molar-refractivity contribution in [1.29, 1.82) is 0 Å². The molecular weight excluding hydrogens is 248 g/mol. The molecule has 0 N–H and O–H groups in total. The highest BCUT2D eigenvalue weighted by atomic mass is 32.2. The molecule has 19 heavy (non-hydrogen) atoms. The molecule has 0 bridgehead atoms. The van der Waals surface area contributed by atoms with Crippen molar-refractivity contribution in [2.45, 2.75) is 43.9 Å². The average Bonchev–Trinajstić information content (AvgIpc) is 2.49. The van der Waals surface area contributed by atoms with Gasteiger partial charge in [0.05, 0.1) is 0 Å². The molecule has 0 saturated carbocycles. The number of fused-ring (bicyclic) bond motifs is 1. The zero-order valence-electron chi connectivity index (χ0n) is 11.8. The van der Waals surface area contributed by atoms with Crippen LogP contribution in [0, 0.1) is 0 Å². The van der Waals surface area contributed by atoms with E-state index in [1.807, 2.05) is 0 Å². The van der Waals surface area contributed by atoms with Gasteiger partial charge in [0.2, 0.25) is 0 Å². The smallest absolute Gasteiger partial charge is 0.0651 e. The van der Waals surface area contributed by atoms with Gasteiger partial charge in [0.1, 0.15) is 11.5 Å². The molecule has 1 fully saturated rings. The lowest BCUT2D eigenvalue weighted by atomic mass is 10.0. The highest BCUT2D eigenvalue weighted by molar-refractivity contribution is 7.97. The van der Waals surface area contributed by atoms with Crippen molar-refractivity contribution in [3.8, 4) is 0 Å². The van der Waals surface area contributed by atoms with Crippen LogP contribution in [0.2, 0.25) is 0 Å². The van der Waals surface area contributed by atoms with Gasteiger partial charge in [-0.25, -0.2) is 0 Å². The number of benzene rings is 2. The molecular formula is C18H23S+. The van der Waals surface area contributed by atoms with Gasteiger partial charge in [-0.15, -0.1) is 0 Å². The van der Waals surface area contributed by atoms with Crippen LogP contribution in [0.15, 0.2) is 41.3 Å². The van der Waals surface area contributed by atoms with E-state index in [0.29, 0.717) is 10.9 Å². The second-order valence-corrected chi connectivity index (χ2v) is 7.72. The van der Waals surface area contributed by atoms with E-state index in [2.05, 4.69) is 43.3 Å². The summed E-state index contributed by atoms with van der Waals surface area (Å²) in [4.78, 5) is 1.63. The third-order valence-corrected chi connectivity index (χ3v) is 6.63. The van der Waals surface area contributed by atoms with Gasteiger partial charge in [-0.3, -0.25) is 0 Å². The predicted octanol–water partition coefficient (Wildman–Crippen LogP) is 4.95. The topological polar surface area (TPSA) is 0 Å². The molecule has 0 aromatic heterocycles. The third-order valence-electron chi connectivity index (χ3n) is 4.09. The van der Waals surface area contributed by atoms with Gasteiger partial charge in [-0.1, -0.05) is 37.6 Å². The van der Waals surface area contributed by atoms with Crippen LogP contribution in [0.25, 0.3) is 10.8 Å². The standard InChI is InChI=1S/C18H23S/c1-2-8-15-11-12-18(19-13-6-3-7-14-19)17-10-5-4-9-16(15)17/h4-5,9-12H,2-3,6-8,13-14H2,1H3/q+1. The minimum absolute atomic E-state index is 0.505. The van der Waals surface area contributed by atoms with E-state index in [-0.39, 0.29) is 0 Å². The summed E-state index contributed by atoms with van der Waals surface area (Å²) in [5.74, 6) is 2.83. The van der Waals surface area contributed by atoms with E-state index < -0.39 is 0 Å². The van der Waals surface area contributed by atoms with Gasteiger partial charge in [0.15, 0.2) is 4.90 Å². The summed E-state index contributed by atoms with van der Waals surface area (Å²) in [6, 6.07) is 13.9. The molecule has 0 atom stereocenters. The number of hydrogen-bond acceptors (Lipinski definition) is 0. The van der Waals surface area contributed by atoms with Crippen LogP contribution >= 0.6 is 0 Å². The molecule has 3 rings (SSSR count). The van der Waals surface area contributed by atoms with E-state index in [0.717, 1.165) is 0 Å². The van der Waals surface area contributed by atoms with E-state index in [4.69, 9.17) is 0 Å². The lowest BCUT2D eigenvalue weighted by molar-refractivity contribution is 0.756. The molecule has 1 saturated heterocycles. The largest absolute Gasteiger partial charge is 0.162 e. The fraction of sp³-hybridized carbons (Fsp3) is 0.444. The highest BCUT2D eigenvalue weighted by Crippen LogP contribution is 2.31. The SMILES string of the molecule is CCCc1ccc([S+]2CCCCC2)c2ccccc12. The summed E-state index contributed by atoms with van der Waals surface area (Å²) in [6.45, 7) is 2.27. The van der Waals surface area contributed by atoms with Crippen LogP contribution in [0.4, 0.5) is 0 Å². The third kappa shape index (κ3) is 2.67. The lowest BCUT2D eigenvalue weighted by Crippen LogP contribution is -2.18. The van der Waals surface area contributed by atoms with Crippen molar-refractivity contribution in [2.24, 2.45) is 0 Å². The predicted molar refractivity (Wildman–Crippen MR) is 87.2 cm³/mol. The minimum Gasteiger partial charge on any atom is -0.0651 e. The summed E-state index contributed by atoms with van der Waals surface area (Å²) in [5.41, 5.74) is 1.53. The molecule has 100 valence electrons. The van der Waals surface area contributed by atoms with Gasteiger partial charge in [-0.05, 0) is 48.8 Å². The van der Waals surface area contributed by atoms with Gasteiger partial charge in [0.25, 0.3) is 0 Å². The Morgan fingerprint density at radius 1 is 0.895 bits per heavy atom. The van der Waals surface area contributed by atoms with Crippen molar-refractivity contribution in [2.75, 3.05) is 11.5 Å². The van der Waals surface area contributed by atoms with Crippen LogP contribution in [-0.2, 0) is 17.3 Å². The maximum Gasteiger partial charge on any atom is 0.162 e. The Hall–Kier alpha value is -0.950. The Morgan fingerprint density at radius 2 is 1.63 bits per heavy atom. The Balaban J connectivity index is 2.07. The van der Waals surface area contributed by atoms with E-state index in [9.17, 15) is 0 Å². The van der Waals surface area contributed by atoms with Crippen molar-refractivity contribution in [3.05, 3.63) is 42.0 Å². The Bertz CT molecular complexity index is 553. The molecule has 0 radical (unpaired) electrons. The van der Waals surface area contributed by atoms with Crippen molar-refractivity contribution in [1.82, 2.24) is 0 Å². The normalized spacial score (nSPS) is 16.9. The maximum atomic E-state index is 2.43. The molecule has 1 heterocycles. The summed E-state index contributed by atoms with van der Waals surface area (Å²) in [5, 5.41) is 3.03. The number of rotatable bonds is 3. The first kappa shape index (κ1) is 13.1. The molecule has 2 aromatic carbocycles. The fourth-order valence-electron chi connectivity index (χ4n) is 3.12. The quantitative estimate of drug-likeness (QED) is 0.693. The molecule has 1 aliphatic rings. The molecule has 1 aliphatic heterocycles. The number of aryl methyl sites for hydroxylation is 1. The molecule has 1 heteroatoms. The second kappa shape index (κ2) is 6.00. The monoisotopic (exact) mass is 271 g/mol. The van der Waals surface area contributed by atoms with Crippen molar-refractivity contribution >= 4 is 21.7 Å². The molecule has 0 unspecified atom stereocenters.